The lowest BCUT2D eigenvalue weighted by Gasteiger charge is -2.40. The van der Waals surface area contributed by atoms with Crippen molar-refractivity contribution < 1.29 is 56.8 Å². The Bertz CT molecular complexity index is 1170. The number of allylic oxidation sites excluding steroid dienone is 2. The molecule has 4 N–H and O–H groups in total. The summed E-state index contributed by atoms with van der Waals surface area (Å²) in [5, 5.41) is 30.9. The minimum atomic E-state index is -4.60. The number of ether oxygens (including phenoxy) is 4. The lowest BCUT2D eigenvalue weighted by Crippen LogP contribution is -2.60. The number of carbonyl (C=O) groups is 2. The van der Waals surface area contributed by atoms with Crippen molar-refractivity contribution in [2.45, 2.75) is 256 Å². The van der Waals surface area contributed by atoms with Crippen LogP contribution in [0.3, 0.4) is 0 Å². The Labute approximate surface area is 365 Å². The Hall–Kier alpha value is -1.61. The summed E-state index contributed by atoms with van der Waals surface area (Å²) in [4.78, 5) is 25.4. The highest BCUT2D eigenvalue weighted by atomic mass is 32.2. The third-order valence-electron chi connectivity index (χ3n) is 11.3. The van der Waals surface area contributed by atoms with Gasteiger partial charge in [0.25, 0.3) is 10.1 Å². The predicted molar refractivity (Wildman–Crippen MR) is 238 cm³/mol. The maximum Gasteiger partial charge on any atom is 0.306 e. The zero-order valence-electron chi connectivity index (χ0n) is 37.8. The van der Waals surface area contributed by atoms with Crippen molar-refractivity contribution in [3.05, 3.63) is 12.2 Å². The summed E-state index contributed by atoms with van der Waals surface area (Å²) in [6.07, 6.45) is 31.1. The standard InChI is InChI=1S/C47H88O12S/c1-3-5-7-9-11-13-15-17-19-20-22-23-25-27-29-31-33-35-42(48)56-37-40(38-57-47-46(52)45(51)44(50)41(59-47)39-60(53,54)55)58-43(49)36-34-32-30-28-26-24-21-18-16-14-12-10-8-6-4-2/h18,21,40-41,44-47,50-52H,3-17,19-20,22-39H2,1-2H3,(H,53,54,55)/b21-18-. The van der Waals surface area contributed by atoms with Crippen molar-refractivity contribution in [3.63, 3.8) is 0 Å². The largest absolute Gasteiger partial charge is 0.462 e. The van der Waals surface area contributed by atoms with Crippen molar-refractivity contribution in [2.24, 2.45) is 0 Å². The summed E-state index contributed by atoms with van der Waals surface area (Å²) in [6.45, 7) is 3.77. The van der Waals surface area contributed by atoms with E-state index in [1.807, 2.05) is 0 Å². The van der Waals surface area contributed by atoms with Gasteiger partial charge in [-0.05, 0) is 38.5 Å². The molecule has 0 aliphatic carbocycles. The van der Waals surface area contributed by atoms with E-state index in [9.17, 15) is 37.9 Å². The molecule has 0 aromatic rings. The number of unbranched alkanes of at least 4 members (excludes halogenated alkanes) is 27. The van der Waals surface area contributed by atoms with Crippen LogP contribution in [-0.4, -0.2) is 96.0 Å². The summed E-state index contributed by atoms with van der Waals surface area (Å²) in [5.41, 5.74) is 0. The molecule has 1 fully saturated rings. The Morgan fingerprint density at radius 2 is 0.950 bits per heavy atom. The maximum atomic E-state index is 12.8. The topological polar surface area (TPSA) is 186 Å². The van der Waals surface area contributed by atoms with E-state index in [0.717, 1.165) is 57.8 Å². The SMILES string of the molecule is CCCCCCCC/C=C\CCCCCCCC(=O)OC(COC(=O)CCCCCCCCCCCCCCCCCCC)COC1OC(CS(=O)(=O)O)C(O)C(O)C1O. The van der Waals surface area contributed by atoms with Crippen LogP contribution < -0.4 is 0 Å². The number of rotatable bonds is 41. The Morgan fingerprint density at radius 1 is 0.550 bits per heavy atom. The van der Waals surface area contributed by atoms with E-state index in [1.165, 1.54) is 122 Å². The summed E-state index contributed by atoms with van der Waals surface area (Å²) < 4.78 is 54.1. The minimum absolute atomic E-state index is 0.158. The van der Waals surface area contributed by atoms with Gasteiger partial charge in [0, 0.05) is 12.8 Å². The second kappa shape index (κ2) is 37.9. The fraction of sp³-hybridized carbons (Fsp3) is 0.915. The molecule has 1 heterocycles. The Balaban J connectivity index is 2.40. The maximum absolute atomic E-state index is 12.8. The first-order chi connectivity index (χ1) is 29.0. The van der Waals surface area contributed by atoms with E-state index < -0.39 is 71.2 Å². The van der Waals surface area contributed by atoms with Crippen molar-refractivity contribution >= 4 is 22.1 Å². The van der Waals surface area contributed by atoms with E-state index >= 15 is 0 Å². The van der Waals surface area contributed by atoms with Gasteiger partial charge in [-0.2, -0.15) is 8.42 Å². The van der Waals surface area contributed by atoms with Crippen LogP contribution in [0.15, 0.2) is 12.2 Å². The summed E-state index contributed by atoms with van der Waals surface area (Å²) in [6, 6.07) is 0. The van der Waals surface area contributed by atoms with Gasteiger partial charge in [0.2, 0.25) is 0 Å². The number of hydrogen-bond donors (Lipinski definition) is 4. The number of esters is 2. The van der Waals surface area contributed by atoms with Crippen molar-refractivity contribution in [1.82, 2.24) is 0 Å². The van der Waals surface area contributed by atoms with Crippen LogP contribution in [0.4, 0.5) is 0 Å². The van der Waals surface area contributed by atoms with Crippen molar-refractivity contribution in [1.29, 1.82) is 0 Å². The molecule has 354 valence electrons. The van der Waals surface area contributed by atoms with E-state index in [-0.39, 0.29) is 19.4 Å². The molecule has 0 bridgehead atoms. The Morgan fingerprint density at radius 3 is 1.38 bits per heavy atom. The van der Waals surface area contributed by atoms with Crippen LogP contribution in [0.5, 0.6) is 0 Å². The van der Waals surface area contributed by atoms with Crippen LogP contribution in [0, 0.1) is 0 Å². The fourth-order valence-corrected chi connectivity index (χ4v) is 8.25. The van der Waals surface area contributed by atoms with Crippen LogP contribution in [0.2, 0.25) is 0 Å². The molecular weight excluding hydrogens is 789 g/mol. The molecule has 0 spiro atoms. The molecule has 13 heteroatoms. The molecular formula is C47H88O12S. The highest BCUT2D eigenvalue weighted by Crippen LogP contribution is 2.24. The van der Waals surface area contributed by atoms with Gasteiger partial charge in [-0.3, -0.25) is 14.1 Å². The molecule has 60 heavy (non-hydrogen) atoms. The smallest absolute Gasteiger partial charge is 0.306 e. The first-order valence-electron chi connectivity index (χ1n) is 24.2. The van der Waals surface area contributed by atoms with Gasteiger partial charge in [0.15, 0.2) is 12.4 Å². The molecule has 0 radical (unpaired) electrons. The van der Waals surface area contributed by atoms with Gasteiger partial charge >= 0.3 is 11.9 Å². The number of aliphatic hydroxyl groups is 3. The zero-order valence-corrected chi connectivity index (χ0v) is 38.6. The minimum Gasteiger partial charge on any atom is -0.462 e. The molecule has 1 rings (SSSR count). The second-order valence-electron chi connectivity index (χ2n) is 17.1. The first kappa shape index (κ1) is 56.4. The number of hydrogen-bond acceptors (Lipinski definition) is 11. The molecule has 0 aromatic heterocycles. The molecule has 1 aliphatic heterocycles. The van der Waals surface area contributed by atoms with E-state index in [1.54, 1.807) is 0 Å². The average Bonchev–Trinajstić information content (AvgIpc) is 3.21. The van der Waals surface area contributed by atoms with Gasteiger partial charge in [-0.1, -0.05) is 180 Å². The van der Waals surface area contributed by atoms with Crippen LogP contribution in [-0.2, 0) is 38.7 Å². The van der Waals surface area contributed by atoms with Crippen molar-refractivity contribution in [2.75, 3.05) is 19.0 Å². The third kappa shape index (κ3) is 32.1. The van der Waals surface area contributed by atoms with Gasteiger partial charge < -0.3 is 34.3 Å². The van der Waals surface area contributed by atoms with Gasteiger partial charge in [-0.15, -0.1) is 0 Å². The molecule has 0 amide bonds. The van der Waals surface area contributed by atoms with Crippen LogP contribution >= 0.6 is 0 Å². The molecule has 1 saturated heterocycles. The monoisotopic (exact) mass is 877 g/mol. The summed E-state index contributed by atoms with van der Waals surface area (Å²) in [7, 11) is -4.60. The lowest BCUT2D eigenvalue weighted by molar-refractivity contribution is -0.297. The zero-order chi connectivity index (χ0) is 44.1. The predicted octanol–water partition coefficient (Wildman–Crippen LogP) is 10.2. The Kier molecular flexibility index (Phi) is 35.6. The average molecular weight is 877 g/mol. The highest BCUT2D eigenvalue weighted by Gasteiger charge is 2.46. The molecule has 6 atom stereocenters. The number of aliphatic hydroxyl groups excluding tert-OH is 3. The lowest BCUT2D eigenvalue weighted by atomic mass is 10.00. The van der Waals surface area contributed by atoms with Crippen LogP contribution in [0.1, 0.15) is 219 Å². The quantitative estimate of drug-likeness (QED) is 0.0197. The molecule has 0 aromatic carbocycles. The van der Waals surface area contributed by atoms with E-state index in [2.05, 4.69) is 26.0 Å². The van der Waals surface area contributed by atoms with Gasteiger partial charge in [0.1, 0.15) is 36.8 Å². The molecule has 6 unspecified atom stereocenters. The highest BCUT2D eigenvalue weighted by molar-refractivity contribution is 7.85. The molecule has 0 saturated carbocycles. The third-order valence-corrected chi connectivity index (χ3v) is 12.1. The van der Waals surface area contributed by atoms with Gasteiger partial charge in [-0.25, -0.2) is 0 Å². The summed E-state index contributed by atoms with van der Waals surface area (Å²) in [5.74, 6) is -1.98. The van der Waals surface area contributed by atoms with Crippen LogP contribution in [0.25, 0.3) is 0 Å². The first-order valence-corrected chi connectivity index (χ1v) is 25.9. The van der Waals surface area contributed by atoms with Crippen molar-refractivity contribution in [3.8, 4) is 0 Å². The van der Waals surface area contributed by atoms with Gasteiger partial charge in [0.05, 0.1) is 6.61 Å². The summed E-state index contributed by atoms with van der Waals surface area (Å²) >= 11 is 0. The number of carbonyl (C=O) groups excluding carboxylic acids is 2. The molecule has 1 aliphatic rings. The normalized spacial score (nSPS) is 20.1. The van der Waals surface area contributed by atoms with E-state index in [0.29, 0.717) is 12.8 Å². The van der Waals surface area contributed by atoms with E-state index in [4.69, 9.17) is 18.9 Å². The second-order valence-corrected chi connectivity index (χ2v) is 18.6. The molecule has 12 nitrogen and oxygen atoms in total. The fourth-order valence-electron chi connectivity index (χ4n) is 7.56.